The van der Waals surface area contributed by atoms with Crippen molar-refractivity contribution in [2.45, 2.75) is 64.8 Å². The van der Waals surface area contributed by atoms with E-state index in [4.69, 9.17) is 0 Å². The third kappa shape index (κ3) is 3.02. The van der Waals surface area contributed by atoms with E-state index in [1.807, 2.05) is 0 Å². The number of alkyl halides is 3. The van der Waals surface area contributed by atoms with Gasteiger partial charge in [-0.3, -0.25) is 0 Å². The summed E-state index contributed by atoms with van der Waals surface area (Å²) in [5.74, 6) is 0.414. The van der Waals surface area contributed by atoms with Crippen molar-refractivity contribution in [1.29, 1.82) is 0 Å². The van der Waals surface area contributed by atoms with E-state index in [0.29, 0.717) is 24.3 Å². The monoisotopic (exact) mass is 378 g/mol. The second-order valence-corrected chi connectivity index (χ2v) is 9.54. The average molecular weight is 378 g/mol. The molecule has 7 heteroatoms. The van der Waals surface area contributed by atoms with E-state index in [1.54, 1.807) is 6.92 Å². The zero-order valence-corrected chi connectivity index (χ0v) is 15.6. The molecule has 0 aromatic heterocycles. The maximum absolute atomic E-state index is 12.8. The maximum Gasteiger partial charge on any atom is 0.534 e. The van der Waals surface area contributed by atoms with Gasteiger partial charge in [0.15, 0.2) is 0 Å². The quantitative estimate of drug-likeness (QED) is 0.372. The molecule has 0 aliphatic heterocycles. The largest absolute Gasteiger partial charge is 0.534 e. The summed E-state index contributed by atoms with van der Waals surface area (Å²) in [5.41, 5.74) is -3.39. The third-order valence-corrected chi connectivity index (χ3v) is 7.63. The standard InChI is InChI=1S/C18H25F3O3S/c1-11-5-4-10-17(3)14(11)9-7-13-15(17)8-6-12(2)16(13)24-25(22,23)18(19,20)21/h5,13-15H,4,6-10H2,1-3H3/t13-,14+,15+,17+/m0/s1. The van der Waals surface area contributed by atoms with Crippen molar-refractivity contribution in [2.24, 2.45) is 23.2 Å². The van der Waals surface area contributed by atoms with Crippen LogP contribution in [0.2, 0.25) is 0 Å². The van der Waals surface area contributed by atoms with Crippen molar-refractivity contribution in [3.63, 3.8) is 0 Å². The highest BCUT2D eigenvalue weighted by Gasteiger charge is 2.54. The molecule has 0 spiro atoms. The minimum Gasteiger partial charge on any atom is -0.380 e. The molecular formula is C18H25F3O3S. The van der Waals surface area contributed by atoms with Crippen molar-refractivity contribution >= 4 is 10.1 Å². The van der Waals surface area contributed by atoms with Crippen LogP contribution in [0.4, 0.5) is 13.2 Å². The molecule has 0 saturated heterocycles. The first-order valence-corrected chi connectivity index (χ1v) is 10.3. The van der Waals surface area contributed by atoms with Gasteiger partial charge in [-0.2, -0.15) is 21.6 Å². The Labute approximate surface area is 147 Å². The van der Waals surface area contributed by atoms with Gasteiger partial charge in [0.1, 0.15) is 5.76 Å². The lowest BCUT2D eigenvalue weighted by Crippen LogP contribution is -2.47. The highest BCUT2D eigenvalue weighted by molar-refractivity contribution is 7.87. The van der Waals surface area contributed by atoms with Gasteiger partial charge in [-0.05, 0) is 75.2 Å². The zero-order chi connectivity index (χ0) is 18.6. The molecular weight excluding hydrogens is 353 g/mol. The molecule has 3 aliphatic carbocycles. The van der Waals surface area contributed by atoms with Crippen LogP contribution in [0, 0.1) is 23.2 Å². The van der Waals surface area contributed by atoms with Gasteiger partial charge in [-0.25, -0.2) is 0 Å². The number of hydrogen-bond donors (Lipinski definition) is 0. The van der Waals surface area contributed by atoms with Crippen LogP contribution in [0.1, 0.15) is 59.3 Å². The predicted molar refractivity (Wildman–Crippen MR) is 88.8 cm³/mol. The maximum atomic E-state index is 12.8. The Hall–Kier alpha value is -0.980. The first-order valence-electron chi connectivity index (χ1n) is 8.84. The van der Waals surface area contributed by atoms with Gasteiger partial charge in [-0.15, -0.1) is 0 Å². The number of halogens is 3. The van der Waals surface area contributed by atoms with E-state index in [9.17, 15) is 21.6 Å². The second-order valence-electron chi connectivity index (χ2n) is 8.00. The molecule has 0 radical (unpaired) electrons. The van der Waals surface area contributed by atoms with Gasteiger partial charge in [0.25, 0.3) is 0 Å². The lowest BCUT2D eigenvalue weighted by atomic mass is 9.50. The van der Waals surface area contributed by atoms with E-state index in [2.05, 4.69) is 24.1 Å². The third-order valence-electron chi connectivity index (χ3n) is 6.66. The molecule has 0 aromatic carbocycles. The Morgan fingerprint density at radius 2 is 1.88 bits per heavy atom. The van der Waals surface area contributed by atoms with Crippen LogP contribution < -0.4 is 0 Å². The molecule has 1 fully saturated rings. The summed E-state index contributed by atoms with van der Waals surface area (Å²) in [6.45, 7) is 6.05. The van der Waals surface area contributed by atoms with E-state index in [0.717, 1.165) is 25.7 Å². The summed E-state index contributed by atoms with van der Waals surface area (Å²) < 4.78 is 66.2. The Morgan fingerprint density at radius 1 is 1.20 bits per heavy atom. The van der Waals surface area contributed by atoms with Crippen LogP contribution in [0.5, 0.6) is 0 Å². The van der Waals surface area contributed by atoms with Crippen molar-refractivity contribution in [2.75, 3.05) is 0 Å². The summed E-state index contributed by atoms with van der Waals surface area (Å²) in [5, 5.41) is 0. The summed E-state index contributed by atoms with van der Waals surface area (Å²) in [4.78, 5) is 0. The Bertz CT molecular complexity index is 720. The van der Waals surface area contributed by atoms with Gasteiger partial charge in [0, 0.05) is 5.92 Å². The molecule has 3 nitrogen and oxygen atoms in total. The fraction of sp³-hybridized carbons (Fsp3) is 0.778. The van der Waals surface area contributed by atoms with Crippen molar-refractivity contribution < 1.29 is 25.8 Å². The van der Waals surface area contributed by atoms with Crippen LogP contribution in [0.25, 0.3) is 0 Å². The number of hydrogen-bond acceptors (Lipinski definition) is 3. The molecule has 1 saturated carbocycles. The summed E-state index contributed by atoms with van der Waals surface area (Å²) in [7, 11) is -5.61. The van der Waals surface area contributed by atoms with Crippen molar-refractivity contribution in [1.82, 2.24) is 0 Å². The zero-order valence-electron chi connectivity index (χ0n) is 14.8. The minimum atomic E-state index is -5.61. The molecule has 25 heavy (non-hydrogen) atoms. The smallest absolute Gasteiger partial charge is 0.380 e. The average Bonchev–Trinajstić information content (AvgIpc) is 2.48. The molecule has 0 N–H and O–H groups in total. The van der Waals surface area contributed by atoms with Gasteiger partial charge in [0.2, 0.25) is 0 Å². The minimum absolute atomic E-state index is 0.000938. The first kappa shape index (κ1) is 18.8. The highest BCUT2D eigenvalue weighted by Crippen LogP contribution is 2.60. The molecule has 3 rings (SSSR count). The number of fused-ring (bicyclic) bond motifs is 3. The van der Waals surface area contributed by atoms with Gasteiger partial charge >= 0.3 is 15.6 Å². The fourth-order valence-corrected chi connectivity index (χ4v) is 6.01. The van der Waals surface area contributed by atoms with Crippen molar-refractivity contribution in [3.8, 4) is 0 Å². The van der Waals surface area contributed by atoms with E-state index in [1.165, 1.54) is 5.57 Å². The van der Waals surface area contributed by atoms with E-state index < -0.39 is 15.6 Å². The van der Waals surface area contributed by atoms with Crippen LogP contribution >= 0.6 is 0 Å². The van der Waals surface area contributed by atoms with Crippen molar-refractivity contribution in [3.05, 3.63) is 23.0 Å². The van der Waals surface area contributed by atoms with E-state index in [-0.39, 0.29) is 23.0 Å². The topological polar surface area (TPSA) is 43.4 Å². The van der Waals surface area contributed by atoms with Gasteiger partial charge in [0.05, 0.1) is 0 Å². The predicted octanol–water partition coefficient (Wildman–Crippen LogP) is 5.31. The molecule has 0 bridgehead atoms. The van der Waals surface area contributed by atoms with Crippen LogP contribution in [0.15, 0.2) is 23.0 Å². The van der Waals surface area contributed by atoms with Crippen LogP contribution in [-0.2, 0) is 14.3 Å². The Morgan fingerprint density at radius 3 is 2.52 bits per heavy atom. The first-order chi connectivity index (χ1) is 11.5. The van der Waals surface area contributed by atoms with Crippen LogP contribution in [0.3, 0.4) is 0 Å². The molecule has 0 unspecified atom stereocenters. The lowest BCUT2D eigenvalue weighted by molar-refractivity contribution is -0.0558. The fourth-order valence-electron chi connectivity index (χ4n) is 5.41. The molecule has 0 aromatic rings. The van der Waals surface area contributed by atoms with Crippen LogP contribution in [-0.4, -0.2) is 13.9 Å². The summed E-state index contributed by atoms with van der Waals surface area (Å²) in [6, 6.07) is 0. The second kappa shape index (κ2) is 6.03. The molecule has 0 amide bonds. The Kier molecular flexibility index (Phi) is 4.54. The van der Waals surface area contributed by atoms with Gasteiger partial charge < -0.3 is 4.18 Å². The molecule has 142 valence electrons. The molecule has 3 aliphatic rings. The number of allylic oxidation sites excluding steroid dienone is 4. The molecule has 4 atom stereocenters. The summed E-state index contributed by atoms with van der Waals surface area (Å²) >= 11 is 0. The summed E-state index contributed by atoms with van der Waals surface area (Å²) in [6.07, 6.45) is 7.26. The Balaban J connectivity index is 1.94. The normalized spacial score (nSPS) is 36.4. The lowest BCUT2D eigenvalue weighted by Gasteiger charge is -2.55. The highest BCUT2D eigenvalue weighted by atomic mass is 32.2. The molecule has 0 heterocycles. The number of rotatable bonds is 2. The SMILES string of the molecule is CC1=CCC[C@]2(C)[C@@H]1CC[C@@H]1C(OS(=O)(=O)C(F)(F)F)=C(C)CC[C@H]12. The van der Waals surface area contributed by atoms with Gasteiger partial charge in [-0.1, -0.05) is 18.6 Å². The van der Waals surface area contributed by atoms with E-state index >= 15 is 0 Å².